The van der Waals surface area contributed by atoms with Gasteiger partial charge in [-0.3, -0.25) is 9.59 Å². The second-order valence-corrected chi connectivity index (χ2v) is 2.32. The number of primary amides is 1. The van der Waals surface area contributed by atoms with Gasteiger partial charge in [0.05, 0.1) is 5.56 Å². The predicted molar refractivity (Wildman–Crippen MR) is 44.6 cm³/mol. The molecule has 0 unspecified atom stereocenters. The summed E-state index contributed by atoms with van der Waals surface area (Å²) in [6.45, 7) is 0. The summed E-state index contributed by atoms with van der Waals surface area (Å²) in [4.78, 5) is 20.6. The van der Waals surface area contributed by atoms with Crippen molar-refractivity contribution in [2.45, 2.75) is 0 Å². The van der Waals surface area contributed by atoms with Crippen LogP contribution >= 0.6 is 0 Å². The van der Waals surface area contributed by atoms with Crippen LogP contribution in [0, 0.1) is 5.82 Å². The fourth-order valence-electron chi connectivity index (χ4n) is 0.873. The smallest absolute Gasteiger partial charge is 0.251 e. The Morgan fingerprint density at radius 2 is 2.23 bits per heavy atom. The minimum atomic E-state index is -0.838. The third-order valence-electron chi connectivity index (χ3n) is 1.46. The molecule has 1 aromatic rings. The van der Waals surface area contributed by atoms with Gasteiger partial charge in [0.15, 0.2) is 0 Å². The first-order chi connectivity index (χ1) is 6.15. The van der Waals surface area contributed by atoms with Crippen molar-refractivity contribution in [2.75, 3.05) is 5.32 Å². The van der Waals surface area contributed by atoms with E-state index in [0.717, 1.165) is 6.07 Å². The van der Waals surface area contributed by atoms with Gasteiger partial charge in [0, 0.05) is 5.69 Å². The maximum atomic E-state index is 13.0. The second kappa shape index (κ2) is 3.66. The summed E-state index contributed by atoms with van der Waals surface area (Å²) in [5.74, 6) is -1.59. The molecular formula is C8H7FN2O2. The molecule has 0 bridgehead atoms. The Morgan fingerprint density at radius 3 is 2.69 bits per heavy atom. The lowest BCUT2D eigenvalue weighted by molar-refractivity contribution is -0.105. The van der Waals surface area contributed by atoms with Gasteiger partial charge >= 0.3 is 0 Å². The van der Waals surface area contributed by atoms with Gasteiger partial charge in [0.2, 0.25) is 6.41 Å². The minimum Gasteiger partial charge on any atom is -0.366 e. The van der Waals surface area contributed by atoms with Crippen LogP contribution < -0.4 is 11.1 Å². The lowest BCUT2D eigenvalue weighted by atomic mass is 10.2. The fourth-order valence-corrected chi connectivity index (χ4v) is 0.873. The topological polar surface area (TPSA) is 72.2 Å². The van der Waals surface area contributed by atoms with Crippen LogP contribution in [0.15, 0.2) is 18.2 Å². The van der Waals surface area contributed by atoms with E-state index in [1.54, 1.807) is 0 Å². The molecule has 0 atom stereocenters. The van der Waals surface area contributed by atoms with Crippen LogP contribution in [-0.2, 0) is 4.79 Å². The number of carbonyl (C=O) groups excluding carboxylic acids is 2. The summed E-state index contributed by atoms with van der Waals surface area (Å²) >= 11 is 0. The number of benzene rings is 1. The molecular weight excluding hydrogens is 175 g/mol. The highest BCUT2D eigenvalue weighted by Gasteiger charge is 2.07. The summed E-state index contributed by atoms with van der Waals surface area (Å²) in [6, 6.07) is 3.62. The maximum Gasteiger partial charge on any atom is 0.251 e. The monoisotopic (exact) mass is 182 g/mol. The molecule has 3 N–H and O–H groups in total. The van der Waals surface area contributed by atoms with Crippen molar-refractivity contribution < 1.29 is 14.0 Å². The third kappa shape index (κ3) is 2.02. The number of hydrogen-bond acceptors (Lipinski definition) is 2. The Labute approximate surface area is 73.5 Å². The zero-order valence-corrected chi connectivity index (χ0v) is 6.58. The van der Waals surface area contributed by atoms with Gasteiger partial charge < -0.3 is 11.1 Å². The van der Waals surface area contributed by atoms with Gasteiger partial charge in [0.1, 0.15) is 5.82 Å². The Bertz CT molecular complexity index is 352. The van der Waals surface area contributed by atoms with E-state index in [4.69, 9.17) is 5.73 Å². The molecule has 2 amide bonds. The molecule has 0 aliphatic rings. The molecule has 1 aromatic carbocycles. The molecule has 5 heteroatoms. The first kappa shape index (κ1) is 9.18. The van der Waals surface area contributed by atoms with Crippen LogP contribution in [0.2, 0.25) is 0 Å². The molecule has 0 saturated heterocycles. The molecule has 0 aliphatic carbocycles. The number of nitrogens with one attached hydrogen (secondary N) is 1. The zero-order chi connectivity index (χ0) is 9.84. The standard InChI is InChI=1S/C8H7FN2O2/c9-7-3-5(11-4-12)1-2-6(7)8(10)13/h1-4H,(H2,10,13)(H,11,12). The number of nitrogens with two attached hydrogens (primary N) is 1. The molecule has 1 rings (SSSR count). The summed E-state index contributed by atoms with van der Waals surface area (Å²) in [6.07, 6.45) is 0.415. The van der Waals surface area contributed by atoms with Crippen molar-refractivity contribution in [2.24, 2.45) is 5.73 Å². The molecule has 0 aromatic heterocycles. The van der Waals surface area contributed by atoms with Crippen LogP contribution in [-0.4, -0.2) is 12.3 Å². The van der Waals surface area contributed by atoms with Gasteiger partial charge in [-0.15, -0.1) is 0 Å². The van der Waals surface area contributed by atoms with Crippen molar-refractivity contribution in [3.63, 3.8) is 0 Å². The highest BCUT2D eigenvalue weighted by Crippen LogP contribution is 2.13. The quantitative estimate of drug-likeness (QED) is 0.668. The first-order valence-electron chi connectivity index (χ1n) is 3.44. The van der Waals surface area contributed by atoms with Crippen molar-refractivity contribution in [1.29, 1.82) is 0 Å². The minimum absolute atomic E-state index is 0.198. The lowest BCUT2D eigenvalue weighted by Gasteiger charge is -2.01. The average molecular weight is 182 g/mol. The number of carbonyl (C=O) groups is 2. The van der Waals surface area contributed by atoms with Crippen LogP contribution in [0.1, 0.15) is 10.4 Å². The number of hydrogen-bond donors (Lipinski definition) is 2. The molecule has 0 spiro atoms. The van der Waals surface area contributed by atoms with E-state index in [2.05, 4.69) is 5.32 Å². The molecule has 0 radical (unpaired) electrons. The third-order valence-corrected chi connectivity index (χ3v) is 1.46. The van der Waals surface area contributed by atoms with Crippen molar-refractivity contribution in [1.82, 2.24) is 0 Å². The van der Waals surface area contributed by atoms with E-state index in [1.807, 2.05) is 0 Å². The lowest BCUT2D eigenvalue weighted by Crippen LogP contribution is -2.13. The molecule has 68 valence electrons. The van der Waals surface area contributed by atoms with Crippen molar-refractivity contribution in [3.8, 4) is 0 Å². The first-order valence-corrected chi connectivity index (χ1v) is 3.44. The van der Waals surface area contributed by atoms with Crippen LogP contribution in [0.4, 0.5) is 10.1 Å². The van der Waals surface area contributed by atoms with Gasteiger partial charge in [-0.1, -0.05) is 0 Å². The van der Waals surface area contributed by atoms with Crippen molar-refractivity contribution >= 4 is 18.0 Å². The van der Waals surface area contributed by atoms with Gasteiger partial charge in [-0.25, -0.2) is 4.39 Å². The molecule has 0 aliphatic heterocycles. The SMILES string of the molecule is NC(=O)c1ccc(NC=O)cc1F. The van der Waals surface area contributed by atoms with Gasteiger partial charge in [-0.2, -0.15) is 0 Å². The molecule has 13 heavy (non-hydrogen) atoms. The molecule has 0 fully saturated rings. The average Bonchev–Trinajstić information content (AvgIpc) is 2.04. The Balaban J connectivity index is 3.05. The summed E-state index contributed by atoms with van der Waals surface area (Å²) in [5.41, 5.74) is 4.95. The molecule has 0 heterocycles. The van der Waals surface area contributed by atoms with Gasteiger partial charge in [-0.05, 0) is 18.2 Å². The summed E-state index contributed by atoms with van der Waals surface area (Å²) in [5, 5.41) is 2.24. The number of rotatable bonds is 3. The van der Waals surface area contributed by atoms with Crippen LogP contribution in [0.3, 0.4) is 0 Å². The Hall–Kier alpha value is -1.91. The van der Waals surface area contributed by atoms with E-state index < -0.39 is 11.7 Å². The molecule has 4 nitrogen and oxygen atoms in total. The van der Waals surface area contributed by atoms with E-state index in [9.17, 15) is 14.0 Å². The fraction of sp³-hybridized carbons (Fsp3) is 0. The number of anilines is 1. The van der Waals surface area contributed by atoms with Crippen molar-refractivity contribution in [3.05, 3.63) is 29.6 Å². The van der Waals surface area contributed by atoms with E-state index in [1.165, 1.54) is 12.1 Å². The normalized spacial score (nSPS) is 9.31. The largest absolute Gasteiger partial charge is 0.366 e. The zero-order valence-electron chi connectivity index (χ0n) is 6.58. The predicted octanol–water partition coefficient (Wildman–Crippen LogP) is 0.493. The Morgan fingerprint density at radius 1 is 1.54 bits per heavy atom. The Kier molecular flexibility index (Phi) is 2.59. The van der Waals surface area contributed by atoms with E-state index in [-0.39, 0.29) is 11.3 Å². The number of halogens is 1. The van der Waals surface area contributed by atoms with E-state index in [0.29, 0.717) is 6.41 Å². The summed E-state index contributed by atoms with van der Waals surface area (Å²) < 4.78 is 13.0. The second-order valence-electron chi connectivity index (χ2n) is 2.32. The van der Waals surface area contributed by atoms with Gasteiger partial charge in [0.25, 0.3) is 5.91 Å². The highest BCUT2D eigenvalue weighted by molar-refractivity contribution is 5.93. The van der Waals surface area contributed by atoms with E-state index >= 15 is 0 Å². The van der Waals surface area contributed by atoms with Crippen LogP contribution in [0.25, 0.3) is 0 Å². The maximum absolute atomic E-state index is 13.0. The summed E-state index contributed by atoms with van der Waals surface area (Å²) in [7, 11) is 0. The van der Waals surface area contributed by atoms with Crippen LogP contribution in [0.5, 0.6) is 0 Å². The number of amides is 2. The highest BCUT2D eigenvalue weighted by atomic mass is 19.1. The molecule has 0 saturated carbocycles.